The standard InChI is InChI=1S/C17H17Cl2N3O5/c18-12-7-6-11(8-13(12)19)27-15-14(16(23)24)22(21-20-15)9-26-17(25)10-4-2-1-3-5-10/h6-8,10H,1-5,9H2,(H,23,24). The molecule has 0 aliphatic heterocycles. The predicted molar refractivity (Wildman–Crippen MR) is 96.2 cm³/mol. The minimum Gasteiger partial charge on any atom is -0.476 e. The lowest BCUT2D eigenvalue weighted by molar-refractivity contribution is -0.154. The maximum atomic E-state index is 12.1. The molecule has 2 aromatic rings. The van der Waals surface area contributed by atoms with E-state index in [1.54, 1.807) is 0 Å². The molecule has 0 atom stereocenters. The Kier molecular flexibility index (Phi) is 6.18. The summed E-state index contributed by atoms with van der Waals surface area (Å²) in [6.45, 7) is -0.352. The highest BCUT2D eigenvalue weighted by atomic mass is 35.5. The van der Waals surface area contributed by atoms with E-state index in [0.717, 1.165) is 36.8 Å². The van der Waals surface area contributed by atoms with Gasteiger partial charge in [-0.2, -0.15) is 4.68 Å². The Morgan fingerprint density at radius 3 is 2.59 bits per heavy atom. The second kappa shape index (κ2) is 8.58. The SMILES string of the molecule is O=C(O)c1c(Oc2ccc(Cl)c(Cl)c2)nnn1COC(=O)C1CCCCC1. The van der Waals surface area contributed by atoms with Crippen LogP contribution in [-0.4, -0.2) is 32.0 Å². The van der Waals surface area contributed by atoms with E-state index < -0.39 is 5.97 Å². The molecule has 0 bridgehead atoms. The largest absolute Gasteiger partial charge is 0.476 e. The normalized spacial score (nSPS) is 14.7. The van der Waals surface area contributed by atoms with Gasteiger partial charge in [-0.15, -0.1) is 0 Å². The third kappa shape index (κ3) is 4.70. The Bertz CT molecular complexity index is 849. The Hall–Kier alpha value is -2.32. The molecule has 0 radical (unpaired) electrons. The number of hydrogen-bond donors (Lipinski definition) is 1. The molecule has 0 spiro atoms. The van der Waals surface area contributed by atoms with Gasteiger partial charge in [-0.05, 0) is 25.0 Å². The monoisotopic (exact) mass is 413 g/mol. The van der Waals surface area contributed by atoms with Crippen molar-refractivity contribution in [3.63, 3.8) is 0 Å². The first kappa shape index (κ1) is 19.4. The molecule has 1 heterocycles. The minimum atomic E-state index is -1.32. The first-order valence-electron chi connectivity index (χ1n) is 8.42. The van der Waals surface area contributed by atoms with E-state index in [2.05, 4.69) is 10.3 Å². The maximum Gasteiger partial charge on any atom is 0.360 e. The average molecular weight is 414 g/mol. The number of carbonyl (C=O) groups is 2. The number of rotatable bonds is 6. The fourth-order valence-electron chi connectivity index (χ4n) is 2.89. The lowest BCUT2D eigenvalue weighted by Gasteiger charge is -2.19. The molecule has 27 heavy (non-hydrogen) atoms. The number of nitrogens with zero attached hydrogens (tertiary/aromatic N) is 3. The van der Waals surface area contributed by atoms with Gasteiger partial charge < -0.3 is 14.6 Å². The summed E-state index contributed by atoms with van der Waals surface area (Å²) >= 11 is 11.8. The second-order valence-electron chi connectivity index (χ2n) is 6.15. The number of benzene rings is 1. The van der Waals surface area contributed by atoms with Crippen LogP contribution in [0.15, 0.2) is 18.2 Å². The fourth-order valence-corrected chi connectivity index (χ4v) is 3.18. The third-order valence-corrected chi connectivity index (χ3v) is 5.02. The predicted octanol–water partition coefficient (Wildman–Crippen LogP) is 4.16. The van der Waals surface area contributed by atoms with E-state index in [-0.39, 0.29) is 41.0 Å². The summed E-state index contributed by atoms with van der Waals surface area (Å²) < 4.78 is 11.6. The molecule has 1 N–H and O–H groups in total. The van der Waals surface area contributed by atoms with Gasteiger partial charge in [0.25, 0.3) is 5.88 Å². The molecule has 144 valence electrons. The summed E-state index contributed by atoms with van der Waals surface area (Å²) in [5.74, 6) is -1.81. The first-order valence-corrected chi connectivity index (χ1v) is 9.17. The Balaban J connectivity index is 1.71. The average Bonchev–Trinajstić information content (AvgIpc) is 3.06. The number of carbonyl (C=O) groups excluding carboxylic acids is 1. The Morgan fingerprint density at radius 2 is 1.93 bits per heavy atom. The summed E-state index contributed by atoms with van der Waals surface area (Å²) in [6.07, 6.45) is 4.67. The zero-order valence-corrected chi connectivity index (χ0v) is 15.7. The summed E-state index contributed by atoms with van der Waals surface area (Å²) in [5, 5.41) is 17.5. The van der Waals surface area contributed by atoms with Crippen LogP contribution in [0.1, 0.15) is 42.6 Å². The molecular formula is C17H17Cl2N3O5. The van der Waals surface area contributed by atoms with Crippen LogP contribution < -0.4 is 4.74 Å². The van der Waals surface area contributed by atoms with E-state index in [4.69, 9.17) is 32.7 Å². The van der Waals surface area contributed by atoms with Crippen molar-refractivity contribution in [2.24, 2.45) is 5.92 Å². The number of carboxylic acids is 1. The van der Waals surface area contributed by atoms with Crippen molar-refractivity contribution in [3.8, 4) is 11.6 Å². The zero-order chi connectivity index (χ0) is 19.4. The fraction of sp³-hybridized carbons (Fsp3) is 0.412. The van der Waals surface area contributed by atoms with Crippen molar-refractivity contribution in [2.75, 3.05) is 0 Å². The van der Waals surface area contributed by atoms with Crippen LogP contribution in [0.4, 0.5) is 0 Å². The van der Waals surface area contributed by atoms with Gasteiger partial charge in [-0.25, -0.2) is 4.79 Å². The molecule has 10 heteroatoms. The summed E-state index contributed by atoms with van der Waals surface area (Å²) in [7, 11) is 0. The van der Waals surface area contributed by atoms with Gasteiger partial charge in [0.2, 0.25) is 5.69 Å². The van der Waals surface area contributed by atoms with Crippen molar-refractivity contribution >= 4 is 35.1 Å². The molecule has 1 saturated carbocycles. The van der Waals surface area contributed by atoms with Gasteiger partial charge in [-0.1, -0.05) is 52.8 Å². The molecule has 8 nitrogen and oxygen atoms in total. The molecule has 0 unspecified atom stereocenters. The number of halogens is 2. The van der Waals surface area contributed by atoms with Crippen LogP contribution in [0, 0.1) is 5.92 Å². The quantitative estimate of drug-likeness (QED) is 0.708. The highest BCUT2D eigenvalue weighted by Gasteiger charge is 2.26. The van der Waals surface area contributed by atoms with Crippen LogP contribution in [0.2, 0.25) is 10.0 Å². The van der Waals surface area contributed by atoms with Crippen LogP contribution in [0.3, 0.4) is 0 Å². The molecule has 1 aliphatic carbocycles. The molecule has 1 aliphatic rings. The lowest BCUT2D eigenvalue weighted by atomic mass is 9.89. The maximum absolute atomic E-state index is 12.1. The third-order valence-electron chi connectivity index (χ3n) is 4.28. The first-order chi connectivity index (χ1) is 13.0. The molecule has 1 aromatic heterocycles. The number of aromatic nitrogens is 3. The van der Waals surface area contributed by atoms with Gasteiger partial charge in [-0.3, -0.25) is 4.79 Å². The van der Waals surface area contributed by atoms with Gasteiger partial charge in [0, 0.05) is 6.07 Å². The Labute approximate surface area is 165 Å². The van der Waals surface area contributed by atoms with Crippen LogP contribution in [-0.2, 0) is 16.3 Å². The van der Waals surface area contributed by atoms with Crippen molar-refractivity contribution in [1.82, 2.24) is 15.0 Å². The van der Waals surface area contributed by atoms with Crippen molar-refractivity contribution < 1.29 is 24.2 Å². The van der Waals surface area contributed by atoms with Gasteiger partial charge in [0.05, 0.1) is 16.0 Å². The van der Waals surface area contributed by atoms with E-state index in [0.29, 0.717) is 5.02 Å². The van der Waals surface area contributed by atoms with E-state index in [1.165, 1.54) is 18.2 Å². The molecule has 3 rings (SSSR count). The van der Waals surface area contributed by atoms with E-state index >= 15 is 0 Å². The number of aromatic carboxylic acids is 1. The zero-order valence-electron chi connectivity index (χ0n) is 14.2. The molecule has 0 amide bonds. The number of ether oxygens (including phenoxy) is 2. The van der Waals surface area contributed by atoms with Crippen molar-refractivity contribution in [1.29, 1.82) is 0 Å². The summed E-state index contributed by atoms with van der Waals surface area (Å²) in [6, 6.07) is 4.45. The minimum absolute atomic E-state index is 0.150. The summed E-state index contributed by atoms with van der Waals surface area (Å²) in [5.41, 5.74) is -0.336. The number of hydrogen-bond acceptors (Lipinski definition) is 6. The highest BCUT2D eigenvalue weighted by molar-refractivity contribution is 6.42. The van der Waals surface area contributed by atoms with Crippen molar-refractivity contribution in [2.45, 2.75) is 38.8 Å². The lowest BCUT2D eigenvalue weighted by Crippen LogP contribution is -2.23. The highest BCUT2D eigenvalue weighted by Crippen LogP contribution is 2.30. The molecule has 0 saturated heterocycles. The van der Waals surface area contributed by atoms with E-state index in [1.807, 2.05) is 0 Å². The molecular weight excluding hydrogens is 397 g/mol. The Morgan fingerprint density at radius 1 is 1.19 bits per heavy atom. The number of carboxylic acid groups (broad SMARTS) is 1. The molecule has 1 fully saturated rings. The van der Waals surface area contributed by atoms with Gasteiger partial charge in [0.1, 0.15) is 5.75 Å². The molecule has 1 aromatic carbocycles. The van der Waals surface area contributed by atoms with E-state index in [9.17, 15) is 14.7 Å². The van der Waals surface area contributed by atoms with Gasteiger partial charge >= 0.3 is 11.9 Å². The second-order valence-corrected chi connectivity index (χ2v) is 6.97. The van der Waals surface area contributed by atoms with Crippen molar-refractivity contribution in [3.05, 3.63) is 33.9 Å². The van der Waals surface area contributed by atoms with Crippen LogP contribution >= 0.6 is 23.2 Å². The number of esters is 1. The topological polar surface area (TPSA) is 104 Å². The van der Waals surface area contributed by atoms with Gasteiger partial charge in [0.15, 0.2) is 6.73 Å². The summed E-state index contributed by atoms with van der Waals surface area (Å²) in [4.78, 5) is 23.7. The smallest absolute Gasteiger partial charge is 0.360 e. The van der Waals surface area contributed by atoms with Crippen LogP contribution in [0.5, 0.6) is 11.6 Å². The van der Waals surface area contributed by atoms with Crippen LogP contribution in [0.25, 0.3) is 0 Å².